The van der Waals surface area contributed by atoms with Gasteiger partial charge in [0.15, 0.2) is 5.84 Å². The first-order valence-corrected chi connectivity index (χ1v) is 8.05. The maximum Gasteiger partial charge on any atom is 0.262 e. The van der Waals surface area contributed by atoms with E-state index in [0.717, 1.165) is 29.6 Å². The van der Waals surface area contributed by atoms with Crippen molar-refractivity contribution < 1.29 is 9.53 Å². The number of amides is 1. The number of nitrogens with zero attached hydrogens (tertiary/aromatic N) is 2. The summed E-state index contributed by atoms with van der Waals surface area (Å²) in [5, 5.41) is 4.14. The molecule has 2 aliphatic heterocycles. The maximum atomic E-state index is 11.9. The number of benzene rings is 1. The van der Waals surface area contributed by atoms with Gasteiger partial charge in [0.25, 0.3) is 5.91 Å². The summed E-state index contributed by atoms with van der Waals surface area (Å²) in [5.74, 6) is 2.38. The molecule has 0 spiro atoms. The summed E-state index contributed by atoms with van der Waals surface area (Å²) in [6, 6.07) is 4.06. The molecule has 116 valence electrons. The van der Waals surface area contributed by atoms with E-state index in [1.807, 2.05) is 11.8 Å². The van der Waals surface area contributed by atoms with Crippen molar-refractivity contribution in [3.05, 3.63) is 23.3 Å². The molecule has 5 nitrogen and oxygen atoms in total. The summed E-state index contributed by atoms with van der Waals surface area (Å²) in [6.07, 6.45) is 5.16. The summed E-state index contributed by atoms with van der Waals surface area (Å²) in [7, 11) is 0. The molecule has 1 aliphatic carbocycles. The van der Waals surface area contributed by atoms with Gasteiger partial charge in [0.2, 0.25) is 0 Å². The first-order chi connectivity index (χ1) is 10.6. The van der Waals surface area contributed by atoms with E-state index in [0.29, 0.717) is 6.61 Å². The molecule has 4 rings (SSSR count). The van der Waals surface area contributed by atoms with Crippen LogP contribution in [0.1, 0.15) is 37.3 Å². The van der Waals surface area contributed by atoms with Gasteiger partial charge in [-0.25, -0.2) is 5.43 Å². The Morgan fingerprint density at radius 2 is 2.23 bits per heavy atom. The Hall–Kier alpha value is -2.04. The van der Waals surface area contributed by atoms with Crippen LogP contribution in [-0.2, 0) is 11.2 Å². The zero-order valence-electron chi connectivity index (χ0n) is 13.1. The van der Waals surface area contributed by atoms with Gasteiger partial charge < -0.3 is 9.64 Å². The topological polar surface area (TPSA) is 53.9 Å². The van der Waals surface area contributed by atoms with Crippen molar-refractivity contribution in [3.63, 3.8) is 0 Å². The Balaban J connectivity index is 1.74. The van der Waals surface area contributed by atoms with E-state index in [1.165, 1.54) is 30.4 Å². The summed E-state index contributed by atoms with van der Waals surface area (Å²) < 4.78 is 5.83. The van der Waals surface area contributed by atoms with Crippen LogP contribution in [0, 0.1) is 12.8 Å². The fraction of sp³-hybridized carbons (Fsp3) is 0.529. The minimum atomic E-state index is -0.255. The normalized spacial score (nSPS) is 23.7. The molecular weight excluding hydrogens is 278 g/mol. The molecule has 0 saturated heterocycles. The highest BCUT2D eigenvalue weighted by Gasteiger charge is 2.35. The Morgan fingerprint density at radius 3 is 2.95 bits per heavy atom. The predicted molar refractivity (Wildman–Crippen MR) is 85.2 cm³/mol. The molecule has 1 saturated carbocycles. The maximum absolute atomic E-state index is 11.9. The fourth-order valence-electron chi connectivity index (χ4n) is 3.44. The largest absolute Gasteiger partial charge is 0.483 e. The van der Waals surface area contributed by atoms with Gasteiger partial charge in [-0.05, 0) is 49.4 Å². The summed E-state index contributed by atoms with van der Waals surface area (Å²) >= 11 is 0. The first-order valence-electron chi connectivity index (χ1n) is 8.05. The molecule has 1 aromatic carbocycles. The van der Waals surface area contributed by atoms with E-state index in [2.05, 4.69) is 29.6 Å². The van der Waals surface area contributed by atoms with Crippen molar-refractivity contribution in [2.45, 2.75) is 45.6 Å². The Kier molecular flexibility index (Phi) is 3.10. The number of nitrogens with one attached hydrogen (secondary N) is 1. The van der Waals surface area contributed by atoms with Crippen LogP contribution in [0.4, 0.5) is 5.69 Å². The molecule has 1 atom stereocenters. The van der Waals surface area contributed by atoms with Gasteiger partial charge in [-0.15, -0.1) is 0 Å². The number of ether oxygens (including phenoxy) is 1. The molecule has 1 amide bonds. The molecule has 1 aromatic rings. The van der Waals surface area contributed by atoms with Gasteiger partial charge >= 0.3 is 0 Å². The highest BCUT2D eigenvalue weighted by Crippen LogP contribution is 2.39. The second kappa shape index (κ2) is 5.00. The van der Waals surface area contributed by atoms with Crippen molar-refractivity contribution in [2.75, 3.05) is 11.5 Å². The van der Waals surface area contributed by atoms with Crippen LogP contribution >= 0.6 is 0 Å². The zero-order chi connectivity index (χ0) is 15.3. The molecule has 5 heteroatoms. The standard InChI is InChI=1S/C17H21N3O2/c1-10-6-15-14(8-13(10)7-12-4-3-5-12)20-11(2)17(21)19-18-16(20)9-22-15/h6,8,11-12H,3-5,7,9H2,1-2H3,(H,19,21)/t11-/m1/s1. The third-order valence-electron chi connectivity index (χ3n) is 5.11. The number of hydrazone groups is 1. The van der Waals surface area contributed by atoms with Gasteiger partial charge in [-0.3, -0.25) is 4.79 Å². The van der Waals surface area contributed by atoms with E-state index in [9.17, 15) is 4.79 Å². The number of carbonyl (C=O) groups is 1. The summed E-state index contributed by atoms with van der Waals surface area (Å²) in [4.78, 5) is 14.0. The quantitative estimate of drug-likeness (QED) is 0.912. The van der Waals surface area contributed by atoms with Crippen LogP contribution in [0.15, 0.2) is 17.2 Å². The van der Waals surface area contributed by atoms with E-state index in [-0.39, 0.29) is 11.9 Å². The van der Waals surface area contributed by atoms with Crippen LogP contribution in [0.2, 0.25) is 0 Å². The fourth-order valence-corrected chi connectivity index (χ4v) is 3.44. The van der Waals surface area contributed by atoms with Gasteiger partial charge in [-0.1, -0.05) is 19.3 Å². The van der Waals surface area contributed by atoms with Crippen molar-refractivity contribution in [1.82, 2.24) is 5.43 Å². The lowest BCUT2D eigenvalue weighted by Crippen LogP contribution is -2.55. The van der Waals surface area contributed by atoms with Crippen molar-refractivity contribution in [2.24, 2.45) is 11.0 Å². The van der Waals surface area contributed by atoms with Crippen LogP contribution < -0.4 is 15.1 Å². The highest BCUT2D eigenvalue weighted by molar-refractivity contribution is 6.09. The second-order valence-electron chi connectivity index (χ2n) is 6.59. The number of aryl methyl sites for hydroxylation is 1. The van der Waals surface area contributed by atoms with Crippen LogP contribution in [-0.4, -0.2) is 24.4 Å². The average molecular weight is 299 g/mol. The summed E-state index contributed by atoms with van der Waals surface area (Å²) in [6.45, 7) is 4.46. The molecule has 0 aromatic heterocycles. The van der Waals surface area contributed by atoms with E-state index >= 15 is 0 Å². The highest BCUT2D eigenvalue weighted by atomic mass is 16.5. The SMILES string of the molecule is Cc1cc2c(cc1CC1CCC1)N1C(=NNC(=O)[C@H]1C)CO2. The molecule has 1 fully saturated rings. The van der Waals surface area contributed by atoms with Gasteiger partial charge in [0.05, 0.1) is 5.69 Å². The molecule has 1 N–H and O–H groups in total. The predicted octanol–water partition coefficient (Wildman–Crippen LogP) is 2.37. The molecular formula is C17H21N3O2. The first kappa shape index (κ1) is 13.6. The average Bonchev–Trinajstić information content (AvgIpc) is 2.46. The third-order valence-corrected chi connectivity index (χ3v) is 5.11. The van der Waals surface area contributed by atoms with Crippen LogP contribution in [0.5, 0.6) is 5.75 Å². The zero-order valence-corrected chi connectivity index (χ0v) is 13.1. The van der Waals surface area contributed by atoms with Crippen molar-refractivity contribution >= 4 is 17.4 Å². The third kappa shape index (κ3) is 2.07. The number of rotatable bonds is 2. The Bertz CT molecular complexity index is 664. The lowest BCUT2D eigenvalue weighted by atomic mass is 9.80. The van der Waals surface area contributed by atoms with Crippen molar-refractivity contribution in [1.29, 1.82) is 0 Å². The monoisotopic (exact) mass is 299 g/mol. The van der Waals surface area contributed by atoms with Crippen LogP contribution in [0.25, 0.3) is 0 Å². The van der Waals surface area contributed by atoms with E-state index < -0.39 is 0 Å². The molecule has 22 heavy (non-hydrogen) atoms. The number of anilines is 1. The molecule has 2 heterocycles. The van der Waals surface area contributed by atoms with Gasteiger partial charge in [0, 0.05) is 0 Å². The van der Waals surface area contributed by atoms with E-state index in [4.69, 9.17) is 4.74 Å². The summed E-state index contributed by atoms with van der Waals surface area (Å²) in [5.41, 5.74) is 6.19. The van der Waals surface area contributed by atoms with Gasteiger partial charge in [-0.2, -0.15) is 5.10 Å². The number of hydrogen-bond donors (Lipinski definition) is 1. The smallest absolute Gasteiger partial charge is 0.262 e. The number of fused-ring (bicyclic) bond motifs is 3. The lowest BCUT2D eigenvalue weighted by Gasteiger charge is -2.38. The Labute approximate surface area is 130 Å². The molecule has 0 unspecified atom stereocenters. The van der Waals surface area contributed by atoms with Crippen molar-refractivity contribution in [3.8, 4) is 5.75 Å². The van der Waals surface area contributed by atoms with E-state index in [1.54, 1.807) is 0 Å². The van der Waals surface area contributed by atoms with Gasteiger partial charge in [0.1, 0.15) is 18.4 Å². The Morgan fingerprint density at radius 1 is 1.41 bits per heavy atom. The minimum absolute atomic E-state index is 0.0716. The second-order valence-corrected chi connectivity index (χ2v) is 6.59. The molecule has 0 radical (unpaired) electrons. The molecule has 3 aliphatic rings. The number of hydrogen-bond acceptors (Lipinski definition) is 4. The number of carbonyl (C=O) groups excluding carboxylic acids is 1. The molecule has 0 bridgehead atoms. The lowest BCUT2D eigenvalue weighted by molar-refractivity contribution is -0.122. The number of amidine groups is 1. The van der Waals surface area contributed by atoms with Crippen LogP contribution in [0.3, 0.4) is 0 Å². The minimum Gasteiger partial charge on any atom is -0.483 e.